The minimum Gasteiger partial charge on any atom is -0.496 e. The van der Waals surface area contributed by atoms with Crippen LogP contribution in [0.25, 0.3) is 21.8 Å². The quantitative estimate of drug-likeness (QED) is 0.353. The lowest BCUT2D eigenvalue weighted by Gasteiger charge is -2.42. The van der Waals surface area contributed by atoms with E-state index in [2.05, 4.69) is 14.9 Å². The van der Waals surface area contributed by atoms with Gasteiger partial charge in [0, 0.05) is 66.5 Å². The number of fused-ring (bicyclic) bond motifs is 2. The fourth-order valence-electron chi connectivity index (χ4n) is 5.35. The van der Waals surface area contributed by atoms with Crippen LogP contribution >= 0.6 is 0 Å². The van der Waals surface area contributed by atoms with Gasteiger partial charge < -0.3 is 19.8 Å². The van der Waals surface area contributed by atoms with E-state index in [0.717, 1.165) is 38.7 Å². The molecule has 0 amide bonds. The lowest BCUT2D eigenvalue weighted by molar-refractivity contribution is 0.0250. The van der Waals surface area contributed by atoms with Crippen LogP contribution in [0, 0.1) is 6.92 Å². The van der Waals surface area contributed by atoms with Gasteiger partial charge in [-0.15, -0.1) is 0 Å². The number of rotatable bonds is 7. The number of carboxylic acid groups (broad SMARTS) is 1. The van der Waals surface area contributed by atoms with E-state index in [-0.39, 0.29) is 18.2 Å². The molecule has 3 N–H and O–H groups in total. The summed E-state index contributed by atoms with van der Waals surface area (Å²) in [5, 5.41) is 11.5. The number of piperazine rings is 1. The van der Waals surface area contributed by atoms with Gasteiger partial charge in [0.15, 0.2) is 0 Å². The van der Waals surface area contributed by atoms with Crippen molar-refractivity contribution in [3.05, 3.63) is 65.0 Å². The monoisotopic (exact) mass is 482 g/mol. The van der Waals surface area contributed by atoms with E-state index in [9.17, 15) is 18.7 Å². The summed E-state index contributed by atoms with van der Waals surface area (Å²) in [6, 6.07) is 9.12. The van der Waals surface area contributed by atoms with E-state index in [0.29, 0.717) is 31.7 Å². The maximum Gasteiger partial charge on any atom is 0.337 e. The number of halogens is 2. The number of nitrogens with zero attached hydrogens (tertiary/aromatic N) is 2. The van der Waals surface area contributed by atoms with Crippen LogP contribution in [0.15, 0.2) is 42.7 Å². The molecule has 184 valence electrons. The lowest BCUT2D eigenvalue weighted by Crippen LogP contribution is -2.49. The second kappa shape index (κ2) is 9.31. The highest BCUT2D eigenvalue weighted by atomic mass is 19.3. The summed E-state index contributed by atoms with van der Waals surface area (Å²) in [7, 11) is 1.66. The number of alkyl halides is 2. The number of hydrogen-bond acceptors (Lipinski definition) is 4. The zero-order valence-corrected chi connectivity index (χ0v) is 19.6. The molecule has 2 aromatic heterocycles. The molecule has 1 aliphatic rings. The molecule has 0 spiro atoms. The predicted molar refractivity (Wildman–Crippen MR) is 130 cm³/mol. The van der Waals surface area contributed by atoms with Gasteiger partial charge in [0.25, 0.3) is 6.43 Å². The van der Waals surface area contributed by atoms with E-state index >= 15 is 0 Å². The molecule has 0 radical (unpaired) electrons. The topological polar surface area (TPSA) is 84.6 Å². The number of carboxylic acids is 1. The van der Waals surface area contributed by atoms with Crippen molar-refractivity contribution in [1.82, 2.24) is 19.8 Å². The Morgan fingerprint density at radius 2 is 1.89 bits per heavy atom. The zero-order chi connectivity index (χ0) is 24.7. The molecule has 7 nitrogen and oxygen atoms in total. The molecule has 0 aliphatic carbocycles. The zero-order valence-electron chi connectivity index (χ0n) is 19.6. The van der Waals surface area contributed by atoms with Crippen molar-refractivity contribution in [2.24, 2.45) is 0 Å². The molecule has 2 aromatic carbocycles. The Kier molecular flexibility index (Phi) is 6.21. The first-order valence-electron chi connectivity index (χ1n) is 11.6. The van der Waals surface area contributed by atoms with E-state index < -0.39 is 12.4 Å². The molecule has 1 unspecified atom stereocenters. The minimum atomic E-state index is -2.42. The minimum absolute atomic E-state index is 0.190. The fourth-order valence-corrected chi connectivity index (χ4v) is 5.35. The van der Waals surface area contributed by atoms with Crippen molar-refractivity contribution in [1.29, 1.82) is 0 Å². The first kappa shape index (κ1) is 23.3. The third-order valence-electron chi connectivity index (χ3n) is 7.01. The number of ether oxygens (including phenoxy) is 1. The Morgan fingerprint density at radius 1 is 1.14 bits per heavy atom. The molecule has 5 rings (SSSR count). The highest BCUT2D eigenvalue weighted by Crippen LogP contribution is 2.37. The van der Waals surface area contributed by atoms with Crippen LogP contribution in [0.3, 0.4) is 0 Å². The number of carbonyl (C=O) groups is 1. The molecule has 1 atom stereocenters. The molecule has 1 fully saturated rings. The summed E-state index contributed by atoms with van der Waals surface area (Å²) in [5.41, 5.74) is 4.82. The Labute approximate surface area is 201 Å². The molecule has 3 heterocycles. The number of methoxy groups -OCH3 is 1. The number of hydrogen-bond donors (Lipinski definition) is 3. The molecule has 35 heavy (non-hydrogen) atoms. The maximum atomic E-state index is 13.3. The van der Waals surface area contributed by atoms with E-state index in [1.54, 1.807) is 24.3 Å². The molecule has 0 bridgehead atoms. The van der Waals surface area contributed by atoms with Crippen molar-refractivity contribution in [3.63, 3.8) is 0 Å². The highest BCUT2D eigenvalue weighted by molar-refractivity contribution is 6.03. The van der Waals surface area contributed by atoms with Crippen LogP contribution in [-0.4, -0.2) is 70.6 Å². The first-order valence-corrected chi connectivity index (χ1v) is 11.6. The molecular weight excluding hydrogens is 454 g/mol. The normalized spacial score (nSPS) is 17.6. The number of aryl methyl sites for hydroxylation is 1. The van der Waals surface area contributed by atoms with Gasteiger partial charge in [-0.3, -0.25) is 9.80 Å². The smallest absolute Gasteiger partial charge is 0.337 e. The third kappa shape index (κ3) is 4.26. The molecule has 1 saturated heterocycles. The van der Waals surface area contributed by atoms with Crippen LogP contribution < -0.4 is 4.74 Å². The SMILES string of the molecule is COc1cc(C)c2[nH]ccc2c1CN1CCN(CC(F)F)CC1c1ccc(C(=O)O)c2[nH]ccc12. The van der Waals surface area contributed by atoms with Crippen LogP contribution in [0.4, 0.5) is 8.78 Å². The Morgan fingerprint density at radius 3 is 2.60 bits per heavy atom. The Balaban J connectivity index is 1.58. The number of aromatic amines is 2. The molecule has 4 aromatic rings. The Hall–Kier alpha value is -3.43. The van der Waals surface area contributed by atoms with Gasteiger partial charge in [-0.2, -0.15) is 0 Å². The van der Waals surface area contributed by atoms with Gasteiger partial charge in [-0.25, -0.2) is 13.6 Å². The van der Waals surface area contributed by atoms with Crippen LogP contribution in [0.2, 0.25) is 0 Å². The van der Waals surface area contributed by atoms with Gasteiger partial charge in [0.2, 0.25) is 0 Å². The van der Waals surface area contributed by atoms with Crippen molar-refractivity contribution in [2.45, 2.75) is 25.9 Å². The van der Waals surface area contributed by atoms with Gasteiger partial charge in [0.05, 0.1) is 24.7 Å². The van der Waals surface area contributed by atoms with Crippen LogP contribution in [0.1, 0.15) is 33.1 Å². The average molecular weight is 483 g/mol. The van der Waals surface area contributed by atoms with Crippen LogP contribution in [0.5, 0.6) is 5.75 Å². The fraction of sp³-hybridized carbons (Fsp3) is 0.346. The average Bonchev–Trinajstić information content (AvgIpc) is 3.51. The second-order valence-corrected chi connectivity index (χ2v) is 9.05. The van der Waals surface area contributed by atoms with Crippen molar-refractivity contribution in [2.75, 3.05) is 33.3 Å². The number of aromatic carboxylic acids is 1. The molecular formula is C26H28F2N4O3. The third-order valence-corrected chi connectivity index (χ3v) is 7.01. The highest BCUT2D eigenvalue weighted by Gasteiger charge is 2.32. The maximum absolute atomic E-state index is 13.3. The van der Waals surface area contributed by atoms with E-state index in [1.165, 1.54) is 0 Å². The molecule has 1 aliphatic heterocycles. The first-order chi connectivity index (χ1) is 16.9. The van der Waals surface area contributed by atoms with Gasteiger partial charge in [-0.1, -0.05) is 6.07 Å². The van der Waals surface area contributed by atoms with E-state index in [4.69, 9.17) is 4.74 Å². The van der Waals surface area contributed by atoms with Gasteiger partial charge in [0.1, 0.15) is 5.75 Å². The second-order valence-electron chi connectivity index (χ2n) is 9.05. The van der Waals surface area contributed by atoms with Crippen molar-refractivity contribution >= 4 is 27.8 Å². The van der Waals surface area contributed by atoms with Crippen LogP contribution in [-0.2, 0) is 6.54 Å². The van der Waals surface area contributed by atoms with Crippen molar-refractivity contribution < 1.29 is 23.4 Å². The van der Waals surface area contributed by atoms with Gasteiger partial charge >= 0.3 is 5.97 Å². The number of H-pyrrole nitrogens is 2. The lowest BCUT2D eigenvalue weighted by atomic mass is 9.95. The summed E-state index contributed by atoms with van der Waals surface area (Å²) in [6.07, 6.45) is 1.21. The summed E-state index contributed by atoms with van der Waals surface area (Å²) in [4.78, 5) is 22.1. The number of benzene rings is 2. The largest absolute Gasteiger partial charge is 0.496 e. The van der Waals surface area contributed by atoms with Gasteiger partial charge in [-0.05, 0) is 42.3 Å². The molecule has 0 saturated carbocycles. The number of aromatic nitrogens is 2. The predicted octanol–water partition coefficient (Wildman–Crippen LogP) is 4.79. The number of nitrogens with one attached hydrogen (secondary N) is 2. The Bertz CT molecular complexity index is 1380. The standard InChI is InChI=1S/C26H28F2N4O3/c1-15-11-22(35-2)20(18-6-7-29-24(15)18)12-32-10-9-31(14-23(27)28)13-21(32)16-3-4-19(26(33)34)25-17(16)5-8-30-25/h3-8,11,21,23,29-30H,9-10,12-14H2,1-2H3,(H,33,34). The summed E-state index contributed by atoms with van der Waals surface area (Å²) in [6.45, 7) is 3.84. The van der Waals surface area contributed by atoms with E-state index in [1.807, 2.05) is 37.4 Å². The van der Waals surface area contributed by atoms with Crippen molar-refractivity contribution in [3.8, 4) is 5.75 Å². The summed E-state index contributed by atoms with van der Waals surface area (Å²) < 4.78 is 32.3. The summed E-state index contributed by atoms with van der Waals surface area (Å²) in [5.74, 6) is -0.223. The molecule has 9 heteroatoms. The summed E-state index contributed by atoms with van der Waals surface area (Å²) >= 11 is 0.